The summed E-state index contributed by atoms with van der Waals surface area (Å²) in [6, 6.07) is 8.54. The van der Waals surface area contributed by atoms with E-state index in [1.54, 1.807) is 30.3 Å². The lowest BCUT2D eigenvalue weighted by Crippen LogP contribution is -2.17. The fraction of sp³-hybridized carbons (Fsp3) is 0.118. The highest BCUT2D eigenvalue weighted by molar-refractivity contribution is 7.22. The number of thiazole rings is 1. The molecule has 0 spiro atoms. The molecule has 26 heavy (non-hydrogen) atoms. The monoisotopic (exact) mass is 390 g/mol. The van der Waals surface area contributed by atoms with Crippen molar-refractivity contribution in [3.63, 3.8) is 0 Å². The van der Waals surface area contributed by atoms with Crippen LogP contribution < -0.4 is 20.6 Å². The topological polar surface area (TPSA) is 98.8 Å². The van der Waals surface area contributed by atoms with Gasteiger partial charge in [-0.05, 0) is 30.3 Å². The van der Waals surface area contributed by atoms with Crippen molar-refractivity contribution < 1.29 is 14.3 Å². The molecule has 134 valence electrons. The fourth-order valence-electron chi connectivity index (χ4n) is 2.31. The highest BCUT2D eigenvalue weighted by atomic mass is 35.5. The maximum absolute atomic E-state index is 12.2. The van der Waals surface area contributed by atoms with Crippen molar-refractivity contribution in [2.75, 3.05) is 20.0 Å². The van der Waals surface area contributed by atoms with E-state index in [2.05, 4.69) is 15.5 Å². The lowest BCUT2D eigenvalue weighted by Gasteiger charge is -2.10. The van der Waals surface area contributed by atoms with Crippen LogP contribution in [-0.2, 0) is 0 Å². The largest absolute Gasteiger partial charge is 0.493 e. The van der Waals surface area contributed by atoms with Gasteiger partial charge in [-0.25, -0.2) is 10.4 Å². The van der Waals surface area contributed by atoms with Gasteiger partial charge in [0.2, 0.25) is 0 Å². The first kappa shape index (κ1) is 18.0. The Bertz CT molecular complexity index is 1000. The zero-order chi connectivity index (χ0) is 18.7. The second-order valence-corrected chi connectivity index (χ2v) is 6.58. The van der Waals surface area contributed by atoms with Crippen LogP contribution in [0.2, 0.25) is 5.02 Å². The number of nitrogens with one attached hydrogen (secondary N) is 1. The molecule has 1 amide bonds. The Morgan fingerprint density at radius 1 is 1.31 bits per heavy atom. The molecule has 0 bridgehead atoms. The zero-order valence-corrected chi connectivity index (χ0v) is 15.5. The Hall–Kier alpha value is -2.84. The van der Waals surface area contributed by atoms with E-state index in [1.165, 1.54) is 31.8 Å². The van der Waals surface area contributed by atoms with E-state index in [0.717, 1.165) is 10.2 Å². The number of amides is 1. The molecule has 3 rings (SSSR count). The number of fused-ring (bicyclic) bond motifs is 1. The first-order chi connectivity index (χ1) is 12.5. The van der Waals surface area contributed by atoms with Crippen LogP contribution in [0.4, 0.5) is 5.13 Å². The maximum Gasteiger partial charge on any atom is 0.271 e. The van der Waals surface area contributed by atoms with Gasteiger partial charge in [-0.2, -0.15) is 5.10 Å². The van der Waals surface area contributed by atoms with Crippen LogP contribution in [0.15, 0.2) is 35.4 Å². The molecule has 1 heterocycles. The number of hydrazone groups is 1. The van der Waals surface area contributed by atoms with Gasteiger partial charge in [0.05, 0.1) is 35.7 Å². The van der Waals surface area contributed by atoms with E-state index in [9.17, 15) is 4.79 Å². The molecule has 9 heteroatoms. The Balaban J connectivity index is 1.76. The summed E-state index contributed by atoms with van der Waals surface area (Å²) in [5.74, 6) is 0.556. The molecular weight excluding hydrogens is 376 g/mol. The quantitative estimate of drug-likeness (QED) is 0.514. The molecule has 3 N–H and O–H groups in total. The minimum atomic E-state index is -0.355. The summed E-state index contributed by atoms with van der Waals surface area (Å²) in [6.07, 6.45) is 1.44. The molecule has 0 unspecified atom stereocenters. The molecule has 2 aromatic carbocycles. The average Bonchev–Trinajstić information content (AvgIpc) is 3.01. The first-order valence-electron chi connectivity index (χ1n) is 7.43. The third-order valence-corrected chi connectivity index (χ3v) is 4.79. The predicted molar refractivity (Wildman–Crippen MR) is 104 cm³/mol. The van der Waals surface area contributed by atoms with Crippen LogP contribution in [0.1, 0.15) is 15.9 Å². The summed E-state index contributed by atoms with van der Waals surface area (Å²) in [5, 5.41) is 4.75. The van der Waals surface area contributed by atoms with Gasteiger partial charge >= 0.3 is 0 Å². The number of methoxy groups -OCH3 is 2. The Morgan fingerprint density at radius 2 is 2.12 bits per heavy atom. The first-order valence-corrected chi connectivity index (χ1v) is 8.63. The lowest BCUT2D eigenvalue weighted by atomic mass is 10.2. The number of carbonyl (C=O) groups is 1. The van der Waals surface area contributed by atoms with Crippen LogP contribution in [0.25, 0.3) is 10.2 Å². The fourth-order valence-corrected chi connectivity index (χ4v) is 3.37. The Morgan fingerprint density at radius 3 is 2.85 bits per heavy atom. The van der Waals surface area contributed by atoms with Gasteiger partial charge in [0.25, 0.3) is 5.91 Å². The number of ether oxygens (including phenoxy) is 2. The van der Waals surface area contributed by atoms with E-state index in [1.807, 2.05) is 0 Å². The molecule has 3 aromatic rings. The van der Waals surface area contributed by atoms with Gasteiger partial charge in [0, 0.05) is 11.1 Å². The number of aromatic nitrogens is 1. The summed E-state index contributed by atoms with van der Waals surface area (Å²) in [7, 11) is 3.02. The van der Waals surface area contributed by atoms with Crippen molar-refractivity contribution in [2.24, 2.45) is 5.10 Å². The second-order valence-electron chi connectivity index (χ2n) is 5.14. The number of hydrogen-bond donors (Lipinski definition) is 2. The van der Waals surface area contributed by atoms with Crippen molar-refractivity contribution in [1.82, 2.24) is 10.4 Å². The van der Waals surface area contributed by atoms with Crippen LogP contribution in [0.3, 0.4) is 0 Å². The second kappa shape index (κ2) is 7.59. The molecule has 0 aliphatic heterocycles. The number of anilines is 1. The molecule has 0 fully saturated rings. The average molecular weight is 391 g/mol. The minimum absolute atomic E-state index is 0.339. The predicted octanol–water partition coefficient (Wildman–Crippen LogP) is 3.31. The lowest BCUT2D eigenvalue weighted by molar-refractivity contribution is 0.0955. The van der Waals surface area contributed by atoms with Crippen molar-refractivity contribution in [1.29, 1.82) is 0 Å². The van der Waals surface area contributed by atoms with Gasteiger partial charge in [-0.1, -0.05) is 22.9 Å². The number of nitrogen functional groups attached to an aromatic ring is 1. The van der Waals surface area contributed by atoms with Crippen LogP contribution in [0, 0.1) is 0 Å². The van der Waals surface area contributed by atoms with Gasteiger partial charge < -0.3 is 15.2 Å². The number of nitrogens with zero attached hydrogens (tertiary/aromatic N) is 2. The van der Waals surface area contributed by atoms with Gasteiger partial charge in [-0.15, -0.1) is 0 Å². The standard InChI is InChI=1S/C17H15ClN4O3S/c1-24-12-6-4-10(14(18)15(12)25-2)8-20-22-16(23)9-3-5-11-13(7-9)26-17(19)21-11/h3-8H,1-2H3,(H2,19,21)(H,22,23)/b20-8-. The minimum Gasteiger partial charge on any atom is -0.493 e. The van der Waals surface area contributed by atoms with Crippen LogP contribution >= 0.6 is 22.9 Å². The molecule has 0 aliphatic rings. The molecule has 0 saturated heterocycles. The maximum atomic E-state index is 12.2. The smallest absolute Gasteiger partial charge is 0.271 e. The molecule has 0 atom stereocenters. The van der Waals surface area contributed by atoms with E-state index < -0.39 is 0 Å². The molecule has 0 aliphatic carbocycles. The van der Waals surface area contributed by atoms with Gasteiger partial charge in [-0.3, -0.25) is 4.79 Å². The number of carbonyl (C=O) groups excluding carboxylic acids is 1. The molecule has 7 nitrogen and oxygen atoms in total. The summed E-state index contributed by atoms with van der Waals surface area (Å²) in [4.78, 5) is 16.4. The SMILES string of the molecule is COc1ccc(/C=N\NC(=O)c2ccc3nc(N)sc3c2)c(Cl)c1OC. The van der Waals surface area contributed by atoms with E-state index in [4.69, 9.17) is 26.8 Å². The number of rotatable bonds is 5. The van der Waals surface area contributed by atoms with Crippen LogP contribution in [0.5, 0.6) is 11.5 Å². The summed E-state index contributed by atoms with van der Waals surface area (Å²) in [6.45, 7) is 0. The van der Waals surface area contributed by atoms with E-state index in [0.29, 0.717) is 32.8 Å². The molecule has 1 aromatic heterocycles. The van der Waals surface area contributed by atoms with Gasteiger partial charge in [0.15, 0.2) is 16.6 Å². The molecule has 0 saturated carbocycles. The Kier molecular flexibility index (Phi) is 5.24. The molecule has 0 radical (unpaired) electrons. The number of halogens is 1. The highest BCUT2D eigenvalue weighted by Gasteiger charge is 2.12. The van der Waals surface area contributed by atoms with Crippen molar-refractivity contribution in [3.05, 3.63) is 46.5 Å². The number of hydrogen-bond acceptors (Lipinski definition) is 7. The third-order valence-electron chi connectivity index (χ3n) is 3.55. The Labute approximate surface area is 158 Å². The highest BCUT2D eigenvalue weighted by Crippen LogP contribution is 2.36. The summed E-state index contributed by atoms with van der Waals surface area (Å²) < 4.78 is 11.2. The van der Waals surface area contributed by atoms with Crippen molar-refractivity contribution in [3.8, 4) is 11.5 Å². The summed E-state index contributed by atoms with van der Waals surface area (Å²) >= 11 is 7.59. The van der Waals surface area contributed by atoms with Crippen molar-refractivity contribution >= 4 is 50.4 Å². The normalized spacial score (nSPS) is 11.0. The van der Waals surface area contributed by atoms with E-state index >= 15 is 0 Å². The zero-order valence-electron chi connectivity index (χ0n) is 13.9. The third kappa shape index (κ3) is 3.56. The van der Waals surface area contributed by atoms with E-state index in [-0.39, 0.29) is 5.91 Å². The number of nitrogens with two attached hydrogens (primary N) is 1. The van der Waals surface area contributed by atoms with Crippen molar-refractivity contribution in [2.45, 2.75) is 0 Å². The van der Waals surface area contributed by atoms with Crippen LogP contribution in [-0.4, -0.2) is 31.3 Å². The summed E-state index contributed by atoms with van der Waals surface area (Å²) in [5.41, 5.74) is 9.93. The molecular formula is C17H15ClN4O3S. The number of benzene rings is 2. The van der Waals surface area contributed by atoms with Gasteiger partial charge in [0.1, 0.15) is 0 Å².